The Morgan fingerprint density at radius 1 is 1.26 bits per heavy atom. The van der Waals surface area contributed by atoms with Gasteiger partial charge in [0.05, 0.1) is 27.9 Å². The van der Waals surface area contributed by atoms with Gasteiger partial charge in [0.25, 0.3) is 10.0 Å². The molecule has 0 aliphatic heterocycles. The van der Waals surface area contributed by atoms with Crippen molar-refractivity contribution in [1.29, 1.82) is 5.26 Å². The summed E-state index contributed by atoms with van der Waals surface area (Å²) < 4.78 is 40.0. The molecule has 0 saturated carbocycles. The molecule has 0 amide bonds. The minimum absolute atomic E-state index is 0.0602. The van der Waals surface area contributed by atoms with Crippen molar-refractivity contribution in [2.75, 3.05) is 4.72 Å². The number of nitrogens with zero attached hydrogens (tertiary/aromatic N) is 1. The lowest BCUT2D eigenvalue weighted by atomic mass is 10.2. The highest BCUT2D eigenvalue weighted by atomic mass is 35.5. The second kappa shape index (κ2) is 6.24. The molecule has 9 heteroatoms. The Bertz CT molecular complexity index is 938. The van der Waals surface area contributed by atoms with Crippen LogP contribution in [0.1, 0.15) is 15.9 Å². The highest BCUT2D eigenvalue weighted by Crippen LogP contribution is 2.25. The number of aromatic carboxylic acids is 1. The van der Waals surface area contributed by atoms with Gasteiger partial charge in [0.15, 0.2) is 0 Å². The number of carboxylic acid groups (broad SMARTS) is 1. The molecule has 0 spiro atoms. The minimum Gasteiger partial charge on any atom is -0.478 e. The number of carbonyl (C=O) groups is 1. The lowest BCUT2D eigenvalue weighted by Crippen LogP contribution is -2.14. The third-order valence-electron chi connectivity index (χ3n) is 2.75. The molecular formula is C14H8ClFN2O4S. The van der Waals surface area contributed by atoms with Crippen LogP contribution in [0.2, 0.25) is 5.02 Å². The fourth-order valence-corrected chi connectivity index (χ4v) is 3.36. The quantitative estimate of drug-likeness (QED) is 0.877. The summed E-state index contributed by atoms with van der Waals surface area (Å²) >= 11 is 5.81. The summed E-state index contributed by atoms with van der Waals surface area (Å²) in [5.41, 5.74) is -0.388. The topological polar surface area (TPSA) is 107 Å². The molecule has 0 saturated heterocycles. The van der Waals surface area contributed by atoms with Crippen LogP contribution < -0.4 is 4.72 Å². The smallest absolute Gasteiger partial charge is 0.335 e. The largest absolute Gasteiger partial charge is 0.478 e. The number of halogens is 2. The van der Waals surface area contributed by atoms with Crippen molar-refractivity contribution < 1.29 is 22.7 Å². The van der Waals surface area contributed by atoms with E-state index in [1.54, 1.807) is 6.07 Å². The van der Waals surface area contributed by atoms with Crippen LogP contribution in [0.4, 0.5) is 10.1 Å². The minimum atomic E-state index is -4.18. The molecule has 0 fully saturated rings. The first kappa shape index (κ1) is 16.7. The Morgan fingerprint density at radius 3 is 2.52 bits per heavy atom. The van der Waals surface area contributed by atoms with Gasteiger partial charge in [0.2, 0.25) is 0 Å². The molecule has 0 heterocycles. The van der Waals surface area contributed by atoms with Crippen molar-refractivity contribution in [3.63, 3.8) is 0 Å². The molecule has 2 rings (SSSR count). The number of nitriles is 1. The number of nitrogens with one attached hydrogen (secondary N) is 1. The summed E-state index contributed by atoms with van der Waals surface area (Å²) in [6.45, 7) is 0. The molecule has 0 radical (unpaired) electrons. The van der Waals surface area contributed by atoms with Crippen LogP contribution in [-0.2, 0) is 10.0 Å². The van der Waals surface area contributed by atoms with Gasteiger partial charge in [0.1, 0.15) is 10.7 Å². The summed E-state index contributed by atoms with van der Waals surface area (Å²) in [5.74, 6) is -2.04. The Labute approximate surface area is 135 Å². The van der Waals surface area contributed by atoms with E-state index < -0.39 is 21.8 Å². The molecule has 2 aromatic rings. The van der Waals surface area contributed by atoms with Crippen molar-refractivity contribution in [3.05, 3.63) is 58.4 Å². The van der Waals surface area contributed by atoms with E-state index in [1.807, 2.05) is 0 Å². The molecule has 0 aromatic heterocycles. The summed E-state index contributed by atoms with van der Waals surface area (Å²) in [6, 6.07) is 7.80. The maximum Gasteiger partial charge on any atom is 0.335 e. The molecule has 0 aliphatic rings. The number of hydrogen-bond acceptors (Lipinski definition) is 4. The van der Waals surface area contributed by atoms with Crippen molar-refractivity contribution in [1.82, 2.24) is 0 Å². The SMILES string of the molecule is N#Cc1cc(F)cc(NS(=O)(=O)c2ccc(C(=O)O)cc2Cl)c1. The van der Waals surface area contributed by atoms with Gasteiger partial charge in [-0.25, -0.2) is 17.6 Å². The third kappa shape index (κ3) is 3.77. The van der Waals surface area contributed by atoms with Gasteiger partial charge in [-0.2, -0.15) is 5.26 Å². The second-order valence-corrected chi connectivity index (χ2v) is 6.45. The van der Waals surface area contributed by atoms with Crippen molar-refractivity contribution in [2.24, 2.45) is 0 Å². The van der Waals surface area contributed by atoms with E-state index in [0.717, 1.165) is 36.4 Å². The van der Waals surface area contributed by atoms with Crippen molar-refractivity contribution in [3.8, 4) is 6.07 Å². The zero-order chi connectivity index (χ0) is 17.2. The lowest BCUT2D eigenvalue weighted by Gasteiger charge is -2.10. The number of rotatable bonds is 4. The van der Waals surface area contributed by atoms with Crippen molar-refractivity contribution >= 4 is 33.3 Å². The summed E-state index contributed by atoms with van der Waals surface area (Å²) in [7, 11) is -4.18. The van der Waals surface area contributed by atoms with Crippen LogP contribution in [-0.4, -0.2) is 19.5 Å². The Morgan fingerprint density at radius 2 is 1.96 bits per heavy atom. The number of sulfonamides is 1. The highest BCUT2D eigenvalue weighted by molar-refractivity contribution is 7.92. The molecular weight excluding hydrogens is 347 g/mol. The van der Waals surface area contributed by atoms with Crippen LogP contribution in [0.3, 0.4) is 0 Å². The van der Waals surface area contributed by atoms with Gasteiger partial charge in [0, 0.05) is 0 Å². The first-order valence-electron chi connectivity index (χ1n) is 5.99. The molecule has 0 bridgehead atoms. The van der Waals surface area contributed by atoms with E-state index in [-0.39, 0.29) is 26.7 Å². The maximum absolute atomic E-state index is 13.3. The van der Waals surface area contributed by atoms with Crippen LogP contribution in [0.15, 0.2) is 41.3 Å². The number of benzene rings is 2. The Kier molecular flexibility index (Phi) is 4.54. The predicted molar refractivity (Wildman–Crippen MR) is 80.3 cm³/mol. The van der Waals surface area contributed by atoms with Crippen LogP contribution in [0.5, 0.6) is 0 Å². The molecule has 118 valence electrons. The van der Waals surface area contributed by atoms with E-state index >= 15 is 0 Å². The first-order valence-corrected chi connectivity index (χ1v) is 7.85. The van der Waals surface area contributed by atoms with Gasteiger partial charge in [-0.05, 0) is 36.4 Å². The molecule has 0 atom stereocenters. The fraction of sp³-hybridized carbons (Fsp3) is 0. The van der Waals surface area contributed by atoms with Crippen LogP contribution in [0.25, 0.3) is 0 Å². The summed E-state index contributed by atoms with van der Waals surface area (Å²) in [6.07, 6.45) is 0. The average molecular weight is 355 g/mol. The maximum atomic E-state index is 13.3. The van der Waals surface area contributed by atoms with E-state index in [4.69, 9.17) is 22.0 Å². The fourth-order valence-electron chi connectivity index (χ4n) is 1.78. The third-order valence-corrected chi connectivity index (χ3v) is 4.61. The standard InChI is InChI=1S/C14H8ClFN2O4S/c15-12-5-9(14(19)20)1-2-13(12)23(21,22)18-11-4-8(7-17)3-10(16)6-11/h1-6,18H,(H,19,20). The number of anilines is 1. The van der Waals surface area contributed by atoms with Gasteiger partial charge >= 0.3 is 5.97 Å². The van der Waals surface area contributed by atoms with Gasteiger partial charge < -0.3 is 5.11 Å². The van der Waals surface area contributed by atoms with E-state index in [2.05, 4.69) is 4.72 Å². The van der Waals surface area contributed by atoms with E-state index in [9.17, 15) is 17.6 Å². The normalized spacial score (nSPS) is 10.8. The predicted octanol–water partition coefficient (Wildman–Crippen LogP) is 2.85. The van der Waals surface area contributed by atoms with Gasteiger partial charge in [-0.1, -0.05) is 11.6 Å². The van der Waals surface area contributed by atoms with Gasteiger partial charge in [-0.15, -0.1) is 0 Å². The Hall–Kier alpha value is -2.63. The monoisotopic (exact) mass is 354 g/mol. The van der Waals surface area contributed by atoms with Crippen LogP contribution in [0, 0.1) is 17.1 Å². The molecule has 0 unspecified atom stereocenters. The molecule has 23 heavy (non-hydrogen) atoms. The Balaban J connectivity index is 2.42. The summed E-state index contributed by atoms with van der Waals surface area (Å²) in [4.78, 5) is 10.4. The molecule has 6 nitrogen and oxygen atoms in total. The van der Waals surface area contributed by atoms with E-state index in [0.29, 0.717) is 0 Å². The summed E-state index contributed by atoms with van der Waals surface area (Å²) in [5, 5.41) is 17.3. The molecule has 2 N–H and O–H groups in total. The highest BCUT2D eigenvalue weighted by Gasteiger charge is 2.20. The van der Waals surface area contributed by atoms with Crippen LogP contribution >= 0.6 is 11.6 Å². The molecule has 0 aliphatic carbocycles. The first-order chi connectivity index (χ1) is 10.7. The van der Waals surface area contributed by atoms with Crippen molar-refractivity contribution in [2.45, 2.75) is 4.90 Å². The lowest BCUT2D eigenvalue weighted by molar-refractivity contribution is 0.0696. The van der Waals surface area contributed by atoms with E-state index in [1.165, 1.54) is 0 Å². The zero-order valence-corrected chi connectivity index (χ0v) is 12.8. The molecule has 2 aromatic carbocycles. The zero-order valence-electron chi connectivity index (χ0n) is 11.2. The number of carboxylic acids is 1. The average Bonchev–Trinajstić information content (AvgIpc) is 2.45. The number of hydrogen-bond donors (Lipinski definition) is 2. The van der Waals surface area contributed by atoms with Gasteiger partial charge in [-0.3, -0.25) is 4.72 Å². The second-order valence-electron chi connectivity index (χ2n) is 4.40.